The molecule has 0 unspecified atom stereocenters. The van der Waals surface area contributed by atoms with Gasteiger partial charge in [0.25, 0.3) is 5.91 Å². The Morgan fingerprint density at radius 3 is 2.55 bits per heavy atom. The second-order valence-electron chi connectivity index (χ2n) is 7.24. The van der Waals surface area contributed by atoms with Gasteiger partial charge in [-0.2, -0.15) is 0 Å². The predicted octanol–water partition coefficient (Wildman–Crippen LogP) is 4.59. The molecule has 0 bridgehead atoms. The molecule has 0 aliphatic carbocycles. The van der Waals surface area contributed by atoms with Gasteiger partial charge in [0.15, 0.2) is 11.7 Å². The molecule has 2 rings (SSSR count). The summed E-state index contributed by atoms with van der Waals surface area (Å²) in [4.78, 5) is 16.8. The molecule has 8 heteroatoms. The molecule has 0 radical (unpaired) electrons. The lowest BCUT2D eigenvalue weighted by Crippen LogP contribution is -2.36. The lowest BCUT2D eigenvalue weighted by molar-refractivity contribution is 0.0953. The average Bonchev–Trinajstić information content (AvgIpc) is 3.23. The molecular weight excluding hydrogens is 505 g/mol. The fourth-order valence-corrected chi connectivity index (χ4v) is 3.15. The van der Waals surface area contributed by atoms with Crippen LogP contribution in [0.2, 0.25) is 0 Å². The Kier molecular flexibility index (Phi) is 12.9. The number of guanidine groups is 1. The number of rotatable bonds is 11. The fraction of sp³-hybridized carbons (Fsp3) is 0.522. The van der Waals surface area contributed by atoms with E-state index in [0.29, 0.717) is 37.1 Å². The summed E-state index contributed by atoms with van der Waals surface area (Å²) < 4.78 is 5.48. The predicted molar refractivity (Wildman–Crippen MR) is 136 cm³/mol. The van der Waals surface area contributed by atoms with E-state index in [1.165, 1.54) is 0 Å². The molecule has 0 atom stereocenters. The molecule has 0 aliphatic rings. The Morgan fingerprint density at radius 2 is 1.87 bits per heavy atom. The highest BCUT2D eigenvalue weighted by Gasteiger charge is 2.13. The van der Waals surface area contributed by atoms with Gasteiger partial charge in [0.05, 0.1) is 18.8 Å². The minimum atomic E-state index is -0.0497. The number of benzene rings is 1. The van der Waals surface area contributed by atoms with Gasteiger partial charge in [-0.3, -0.25) is 4.79 Å². The molecule has 3 N–H and O–H groups in total. The highest BCUT2D eigenvalue weighted by atomic mass is 127. The fourth-order valence-electron chi connectivity index (χ4n) is 3.15. The van der Waals surface area contributed by atoms with E-state index in [1.54, 1.807) is 0 Å². The SMILES string of the molecule is CCCNC(=O)c1cccc(CN=C(NCC)NCc2cc(C(CC)CC)no2)c1.I. The van der Waals surface area contributed by atoms with Crippen molar-refractivity contribution in [2.75, 3.05) is 13.1 Å². The van der Waals surface area contributed by atoms with Crippen LogP contribution in [-0.2, 0) is 13.1 Å². The van der Waals surface area contributed by atoms with Crippen molar-refractivity contribution in [3.8, 4) is 0 Å². The Morgan fingerprint density at radius 1 is 1.10 bits per heavy atom. The van der Waals surface area contributed by atoms with Crippen LogP contribution in [0.1, 0.15) is 80.3 Å². The third kappa shape index (κ3) is 8.88. The molecule has 1 amide bonds. The first kappa shape index (κ1) is 26.9. The summed E-state index contributed by atoms with van der Waals surface area (Å²) in [7, 11) is 0. The lowest BCUT2D eigenvalue weighted by Gasteiger charge is -2.10. The summed E-state index contributed by atoms with van der Waals surface area (Å²) in [6.07, 6.45) is 3.02. The normalized spacial score (nSPS) is 11.2. The molecule has 2 aromatic rings. The van der Waals surface area contributed by atoms with E-state index in [0.717, 1.165) is 42.8 Å². The molecule has 0 fully saturated rings. The third-order valence-corrected chi connectivity index (χ3v) is 4.90. The van der Waals surface area contributed by atoms with E-state index in [9.17, 15) is 4.79 Å². The standard InChI is InChI=1S/C23H35N5O2.HI/c1-5-12-25-22(29)19-11-9-10-17(13-19)15-26-23(24-8-4)27-16-20-14-21(28-30-20)18(6-2)7-3;/h9-11,13-14,18H,5-8,12,15-16H2,1-4H3,(H,25,29)(H2,24,26,27);1H. The number of carbonyl (C=O) groups excluding carboxylic acids is 1. The van der Waals surface area contributed by atoms with Gasteiger partial charge in [-0.1, -0.05) is 38.1 Å². The number of amides is 1. The Balaban J connectivity index is 0.00000480. The number of nitrogens with one attached hydrogen (secondary N) is 3. The van der Waals surface area contributed by atoms with Crippen molar-refractivity contribution in [3.05, 3.63) is 52.9 Å². The van der Waals surface area contributed by atoms with Crippen molar-refractivity contribution in [1.82, 2.24) is 21.1 Å². The largest absolute Gasteiger partial charge is 0.359 e. The van der Waals surface area contributed by atoms with Crippen LogP contribution >= 0.6 is 24.0 Å². The summed E-state index contributed by atoms with van der Waals surface area (Å²) >= 11 is 0. The number of nitrogens with zero attached hydrogens (tertiary/aromatic N) is 2. The summed E-state index contributed by atoms with van der Waals surface area (Å²) in [6, 6.07) is 9.59. The quantitative estimate of drug-likeness (QED) is 0.220. The van der Waals surface area contributed by atoms with E-state index in [-0.39, 0.29) is 29.9 Å². The first-order valence-corrected chi connectivity index (χ1v) is 11.0. The maximum Gasteiger partial charge on any atom is 0.251 e. The summed E-state index contributed by atoms with van der Waals surface area (Å²) in [5, 5.41) is 13.6. The molecule has 7 nitrogen and oxygen atoms in total. The number of hydrogen-bond acceptors (Lipinski definition) is 4. The Hall–Kier alpha value is -2.10. The van der Waals surface area contributed by atoms with Crippen molar-refractivity contribution in [1.29, 1.82) is 0 Å². The van der Waals surface area contributed by atoms with Crippen LogP contribution in [0.25, 0.3) is 0 Å². The minimum absolute atomic E-state index is 0. The molecule has 1 aromatic carbocycles. The van der Waals surface area contributed by atoms with Gasteiger partial charge in [0, 0.05) is 30.6 Å². The highest BCUT2D eigenvalue weighted by Crippen LogP contribution is 2.22. The van der Waals surface area contributed by atoms with Crippen LogP contribution in [0.5, 0.6) is 0 Å². The maximum absolute atomic E-state index is 12.2. The molecule has 172 valence electrons. The second kappa shape index (κ2) is 14.8. The first-order valence-electron chi connectivity index (χ1n) is 11.0. The number of halogens is 1. The summed E-state index contributed by atoms with van der Waals surface area (Å²) in [5.41, 5.74) is 2.65. The van der Waals surface area contributed by atoms with E-state index in [4.69, 9.17) is 4.52 Å². The van der Waals surface area contributed by atoms with Crippen LogP contribution < -0.4 is 16.0 Å². The summed E-state index contributed by atoms with van der Waals surface area (Å²) in [5.74, 6) is 1.87. The topological polar surface area (TPSA) is 91.5 Å². The van der Waals surface area contributed by atoms with Crippen molar-refractivity contribution in [3.63, 3.8) is 0 Å². The molecule has 1 aromatic heterocycles. The Bertz CT molecular complexity index is 818. The molecule has 0 aliphatic heterocycles. The number of hydrogen-bond donors (Lipinski definition) is 3. The van der Waals surface area contributed by atoms with E-state index in [1.807, 2.05) is 44.2 Å². The van der Waals surface area contributed by atoms with Crippen molar-refractivity contribution in [2.45, 2.75) is 66.0 Å². The van der Waals surface area contributed by atoms with Gasteiger partial charge >= 0.3 is 0 Å². The van der Waals surface area contributed by atoms with Crippen molar-refractivity contribution < 1.29 is 9.32 Å². The molecule has 31 heavy (non-hydrogen) atoms. The maximum atomic E-state index is 12.2. The van der Waals surface area contributed by atoms with E-state index < -0.39 is 0 Å². The van der Waals surface area contributed by atoms with Gasteiger partial charge in [0.2, 0.25) is 0 Å². The smallest absolute Gasteiger partial charge is 0.251 e. The van der Waals surface area contributed by atoms with Gasteiger partial charge in [-0.05, 0) is 43.9 Å². The monoisotopic (exact) mass is 541 g/mol. The lowest BCUT2D eigenvalue weighted by atomic mass is 9.99. The average molecular weight is 541 g/mol. The van der Waals surface area contributed by atoms with Gasteiger partial charge in [-0.15, -0.1) is 24.0 Å². The van der Waals surface area contributed by atoms with Crippen molar-refractivity contribution >= 4 is 35.8 Å². The van der Waals surface area contributed by atoms with Crippen LogP contribution in [0, 0.1) is 0 Å². The molecule has 0 saturated heterocycles. The number of aliphatic imine (C=N–C) groups is 1. The van der Waals surface area contributed by atoms with Gasteiger partial charge < -0.3 is 20.5 Å². The second-order valence-corrected chi connectivity index (χ2v) is 7.24. The number of carbonyl (C=O) groups is 1. The zero-order valence-electron chi connectivity index (χ0n) is 19.0. The summed E-state index contributed by atoms with van der Waals surface area (Å²) in [6.45, 7) is 10.8. The molecule has 1 heterocycles. The minimum Gasteiger partial charge on any atom is -0.359 e. The van der Waals surface area contributed by atoms with E-state index >= 15 is 0 Å². The number of aromatic nitrogens is 1. The van der Waals surface area contributed by atoms with Crippen LogP contribution in [0.15, 0.2) is 39.8 Å². The first-order chi connectivity index (χ1) is 14.6. The van der Waals surface area contributed by atoms with E-state index in [2.05, 4.69) is 39.9 Å². The highest BCUT2D eigenvalue weighted by molar-refractivity contribution is 14.0. The zero-order valence-corrected chi connectivity index (χ0v) is 21.4. The third-order valence-electron chi connectivity index (χ3n) is 4.90. The molecule has 0 saturated carbocycles. The molecular formula is C23H36IN5O2. The zero-order chi connectivity index (χ0) is 21.8. The van der Waals surface area contributed by atoms with Gasteiger partial charge in [0.1, 0.15) is 0 Å². The van der Waals surface area contributed by atoms with Crippen molar-refractivity contribution in [2.24, 2.45) is 4.99 Å². The molecule has 0 spiro atoms. The van der Waals surface area contributed by atoms with Crippen LogP contribution in [0.3, 0.4) is 0 Å². The van der Waals surface area contributed by atoms with Crippen LogP contribution in [0.4, 0.5) is 0 Å². The van der Waals surface area contributed by atoms with Gasteiger partial charge in [-0.25, -0.2) is 4.99 Å². The Labute approximate surface area is 202 Å². The van der Waals surface area contributed by atoms with Crippen LogP contribution in [-0.4, -0.2) is 30.1 Å².